The van der Waals surface area contributed by atoms with Crippen LogP contribution in [0.15, 0.2) is 60.0 Å². The second kappa shape index (κ2) is 7.25. The third-order valence-corrected chi connectivity index (χ3v) is 3.74. The Hall–Kier alpha value is -3.02. The lowest BCUT2D eigenvalue weighted by Crippen LogP contribution is -2.13. The maximum atomic E-state index is 14.4. The molecule has 6 heteroatoms. The molecule has 0 aliphatic carbocycles. The highest BCUT2D eigenvalue weighted by Crippen LogP contribution is 2.26. The number of hydrogen-bond acceptors (Lipinski definition) is 3. The zero-order chi connectivity index (χ0) is 17.8. The fraction of sp³-hybridized carbons (Fsp3) is 0.158. The van der Waals surface area contributed by atoms with Crippen LogP contribution in [-0.2, 0) is 6.42 Å². The van der Waals surface area contributed by atoms with Gasteiger partial charge in [0.25, 0.3) is 0 Å². The molecule has 25 heavy (non-hydrogen) atoms. The summed E-state index contributed by atoms with van der Waals surface area (Å²) in [5.74, 6) is -2.17. The molecule has 0 aliphatic rings. The second-order valence-electron chi connectivity index (χ2n) is 5.76. The zero-order valence-corrected chi connectivity index (χ0v) is 13.6. The molecule has 3 aromatic rings. The average molecular weight is 341 g/mol. The van der Waals surface area contributed by atoms with Crippen LogP contribution in [0.25, 0.3) is 0 Å². The van der Waals surface area contributed by atoms with Crippen molar-refractivity contribution < 1.29 is 13.9 Å². The number of rotatable bonds is 5. The molecule has 0 bridgehead atoms. The molecule has 0 amide bonds. The highest BCUT2D eigenvalue weighted by Gasteiger charge is 2.19. The Labute approximate surface area is 143 Å². The number of phenolic OH excluding ortho intramolecular Hbond substituents is 1. The van der Waals surface area contributed by atoms with Gasteiger partial charge in [0.05, 0.1) is 23.6 Å². The minimum atomic E-state index is -0.853. The van der Waals surface area contributed by atoms with E-state index in [1.165, 1.54) is 0 Å². The number of halogens is 2. The van der Waals surface area contributed by atoms with E-state index >= 15 is 0 Å². The third kappa shape index (κ3) is 3.91. The summed E-state index contributed by atoms with van der Waals surface area (Å²) in [5, 5.41) is 10.1. The van der Waals surface area contributed by atoms with Crippen molar-refractivity contribution in [2.24, 2.45) is 4.99 Å². The van der Waals surface area contributed by atoms with Crippen LogP contribution < -0.4 is 0 Å². The van der Waals surface area contributed by atoms with E-state index in [1.54, 1.807) is 36.8 Å². The Bertz CT molecular complexity index is 854. The van der Waals surface area contributed by atoms with Crippen molar-refractivity contribution in [3.63, 3.8) is 0 Å². The molecule has 0 radical (unpaired) electrons. The van der Waals surface area contributed by atoms with E-state index in [0.29, 0.717) is 12.0 Å². The second-order valence-corrected chi connectivity index (χ2v) is 5.76. The number of aromatic nitrogens is 2. The summed E-state index contributed by atoms with van der Waals surface area (Å²) in [4.78, 5) is 11.6. The number of H-pyrrole nitrogens is 1. The molecule has 3 rings (SSSR count). The van der Waals surface area contributed by atoms with Gasteiger partial charge in [0.2, 0.25) is 0 Å². The lowest BCUT2D eigenvalue weighted by molar-refractivity contribution is 0.458. The number of benzene rings is 2. The van der Waals surface area contributed by atoms with Gasteiger partial charge in [-0.05, 0) is 6.92 Å². The average Bonchev–Trinajstić information content (AvgIpc) is 3.06. The largest absolute Gasteiger partial charge is 0.507 e. The molecule has 1 heterocycles. The molecule has 4 nitrogen and oxygen atoms in total. The summed E-state index contributed by atoms with van der Waals surface area (Å²) in [7, 11) is 0. The number of nitrogens with one attached hydrogen (secondary N) is 1. The zero-order valence-electron chi connectivity index (χ0n) is 13.6. The lowest BCUT2D eigenvalue weighted by atomic mass is 10.00. The summed E-state index contributed by atoms with van der Waals surface area (Å²) in [5.41, 5.74) is 1.71. The van der Waals surface area contributed by atoms with Crippen LogP contribution in [0.5, 0.6) is 5.75 Å². The number of hydrogen-bond donors (Lipinski definition) is 2. The molecule has 1 atom stereocenters. The molecule has 0 unspecified atom stereocenters. The molecule has 2 N–H and O–H groups in total. The standard InChI is InChI=1S/C19H17F2N3O/c1-12(7-15-10-22-11-23-15)24-19(13-5-3-2-4-6-13)18-16(21)8-14(20)9-17(18)25/h2-6,8-12,25H,7H2,1H3,(H,22,23)/t12-/m1/s1. The summed E-state index contributed by atoms with van der Waals surface area (Å²) < 4.78 is 27.7. The van der Waals surface area contributed by atoms with E-state index < -0.39 is 17.4 Å². The van der Waals surface area contributed by atoms with Gasteiger partial charge in [-0.25, -0.2) is 13.8 Å². The van der Waals surface area contributed by atoms with Gasteiger partial charge in [0.15, 0.2) is 0 Å². The first-order valence-corrected chi connectivity index (χ1v) is 7.83. The van der Waals surface area contributed by atoms with Crippen LogP contribution >= 0.6 is 0 Å². The molecular weight excluding hydrogens is 324 g/mol. The molecule has 1 aromatic heterocycles. The maximum absolute atomic E-state index is 14.4. The number of imidazole rings is 1. The van der Waals surface area contributed by atoms with Gasteiger partial charge in [-0.1, -0.05) is 30.3 Å². The minimum Gasteiger partial charge on any atom is -0.507 e. The van der Waals surface area contributed by atoms with E-state index in [9.17, 15) is 13.9 Å². The van der Waals surface area contributed by atoms with Crippen LogP contribution in [0.3, 0.4) is 0 Å². The molecule has 0 fully saturated rings. The predicted molar refractivity (Wildman–Crippen MR) is 91.9 cm³/mol. The van der Waals surface area contributed by atoms with Crippen LogP contribution in [0.2, 0.25) is 0 Å². The lowest BCUT2D eigenvalue weighted by Gasteiger charge is -2.14. The van der Waals surface area contributed by atoms with Gasteiger partial charge in [0.1, 0.15) is 17.4 Å². The molecule has 0 spiro atoms. The summed E-state index contributed by atoms with van der Waals surface area (Å²) >= 11 is 0. The molecule has 0 saturated carbocycles. The Kier molecular flexibility index (Phi) is 4.88. The third-order valence-electron chi connectivity index (χ3n) is 3.74. The number of aliphatic imine (C=N–C) groups is 1. The Morgan fingerprint density at radius 2 is 2.00 bits per heavy atom. The van der Waals surface area contributed by atoms with Crippen LogP contribution in [-0.4, -0.2) is 26.8 Å². The number of aromatic amines is 1. The van der Waals surface area contributed by atoms with Gasteiger partial charge in [-0.3, -0.25) is 4.99 Å². The summed E-state index contributed by atoms with van der Waals surface area (Å²) in [6.45, 7) is 1.88. The van der Waals surface area contributed by atoms with E-state index in [0.717, 1.165) is 17.8 Å². The van der Waals surface area contributed by atoms with E-state index in [4.69, 9.17) is 0 Å². The van der Waals surface area contributed by atoms with Crippen molar-refractivity contribution >= 4 is 5.71 Å². The highest BCUT2D eigenvalue weighted by atomic mass is 19.1. The Morgan fingerprint density at radius 1 is 1.24 bits per heavy atom. The van der Waals surface area contributed by atoms with Crippen LogP contribution in [0.4, 0.5) is 8.78 Å². The van der Waals surface area contributed by atoms with Crippen LogP contribution in [0.1, 0.15) is 23.7 Å². The van der Waals surface area contributed by atoms with Crippen molar-refractivity contribution in [1.82, 2.24) is 9.97 Å². The van der Waals surface area contributed by atoms with E-state index in [-0.39, 0.29) is 17.3 Å². The molecule has 128 valence electrons. The van der Waals surface area contributed by atoms with Gasteiger partial charge < -0.3 is 10.1 Å². The van der Waals surface area contributed by atoms with Gasteiger partial charge in [-0.2, -0.15) is 0 Å². The summed E-state index contributed by atoms with van der Waals surface area (Å²) in [6.07, 6.45) is 3.85. The molecule has 0 saturated heterocycles. The van der Waals surface area contributed by atoms with E-state index in [2.05, 4.69) is 15.0 Å². The molecular formula is C19H17F2N3O. The number of nitrogens with zero attached hydrogens (tertiary/aromatic N) is 2. The maximum Gasteiger partial charge on any atom is 0.139 e. The highest BCUT2D eigenvalue weighted by molar-refractivity contribution is 6.14. The van der Waals surface area contributed by atoms with Crippen molar-refractivity contribution in [3.8, 4) is 5.75 Å². The SMILES string of the molecule is C[C@H](Cc1cnc[nH]1)N=C(c1ccccc1)c1c(O)cc(F)cc1F. The predicted octanol–water partition coefficient (Wildman–Crippen LogP) is 3.86. The first-order chi connectivity index (χ1) is 12.0. The van der Waals surface area contributed by atoms with Crippen LogP contribution in [0, 0.1) is 11.6 Å². The number of phenols is 1. The topological polar surface area (TPSA) is 61.3 Å². The van der Waals surface area contributed by atoms with Gasteiger partial charge >= 0.3 is 0 Å². The smallest absolute Gasteiger partial charge is 0.139 e. The minimum absolute atomic E-state index is 0.107. The Morgan fingerprint density at radius 3 is 2.64 bits per heavy atom. The number of aromatic hydroxyl groups is 1. The Balaban J connectivity index is 2.06. The van der Waals surface area contributed by atoms with E-state index in [1.807, 2.05) is 13.0 Å². The van der Waals surface area contributed by atoms with Crippen molar-refractivity contribution in [2.75, 3.05) is 0 Å². The van der Waals surface area contributed by atoms with Crippen molar-refractivity contribution in [1.29, 1.82) is 0 Å². The normalized spacial score (nSPS) is 13.0. The van der Waals surface area contributed by atoms with Gasteiger partial charge in [-0.15, -0.1) is 0 Å². The first-order valence-electron chi connectivity index (χ1n) is 7.83. The fourth-order valence-corrected chi connectivity index (χ4v) is 2.65. The van der Waals surface area contributed by atoms with Gasteiger partial charge in [0, 0.05) is 36.0 Å². The fourth-order valence-electron chi connectivity index (χ4n) is 2.65. The monoisotopic (exact) mass is 341 g/mol. The van der Waals surface area contributed by atoms with Crippen molar-refractivity contribution in [3.05, 3.63) is 83.4 Å². The molecule has 2 aromatic carbocycles. The first kappa shape index (κ1) is 16.8. The van der Waals surface area contributed by atoms with Crippen molar-refractivity contribution in [2.45, 2.75) is 19.4 Å². The molecule has 0 aliphatic heterocycles. The summed E-state index contributed by atoms with van der Waals surface area (Å²) in [6, 6.07) is 10.4. The quantitative estimate of drug-likeness (QED) is 0.692.